The molecule has 2 atom stereocenters. The molecule has 2 nitrogen and oxygen atoms in total. The van der Waals surface area contributed by atoms with Gasteiger partial charge in [-0.05, 0) is 36.8 Å². The van der Waals surface area contributed by atoms with Gasteiger partial charge in [0.15, 0.2) is 0 Å². The molecule has 1 aromatic rings. The van der Waals surface area contributed by atoms with Crippen LogP contribution in [-0.4, -0.2) is 17.5 Å². The first-order valence-electron chi connectivity index (χ1n) is 7.54. The maximum atomic E-state index is 9.58. The van der Waals surface area contributed by atoms with Gasteiger partial charge in [-0.15, -0.1) is 0 Å². The van der Waals surface area contributed by atoms with Gasteiger partial charge >= 0.3 is 0 Å². The van der Waals surface area contributed by atoms with Crippen LogP contribution in [0.3, 0.4) is 0 Å². The molecule has 2 rings (SSSR count). The number of benzene rings is 1. The van der Waals surface area contributed by atoms with Crippen LogP contribution in [0.5, 0.6) is 0 Å². The Kier molecular flexibility index (Phi) is 4.99. The Morgan fingerprint density at radius 3 is 2.58 bits per heavy atom. The molecule has 1 heterocycles. The average Bonchev–Trinajstić information content (AvgIpc) is 2.49. The lowest BCUT2D eigenvalue weighted by atomic mass is 9.95. The largest absolute Gasteiger partial charge is 0.281 e. The van der Waals surface area contributed by atoms with Crippen LogP contribution in [0, 0.1) is 11.3 Å². The van der Waals surface area contributed by atoms with Gasteiger partial charge < -0.3 is 0 Å². The monoisotopic (exact) mass is 256 g/mol. The molecule has 0 amide bonds. The maximum Gasteiger partial charge on any atom is 0.124 e. The van der Waals surface area contributed by atoms with Crippen molar-refractivity contribution in [2.75, 3.05) is 6.54 Å². The number of likely N-dealkylation sites (tertiary alicyclic amines) is 1. The highest BCUT2D eigenvalue weighted by Crippen LogP contribution is 2.29. The van der Waals surface area contributed by atoms with E-state index >= 15 is 0 Å². The molecular formula is C17H24N2. The van der Waals surface area contributed by atoms with Crippen molar-refractivity contribution in [3.63, 3.8) is 0 Å². The second-order valence-electron chi connectivity index (χ2n) is 5.42. The molecular weight excluding hydrogens is 232 g/mol. The minimum Gasteiger partial charge on any atom is -0.281 e. The molecule has 1 fully saturated rings. The van der Waals surface area contributed by atoms with Crippen LogP contribution in [0.4, 0.5) is 0 Å². The van der Waals surface area contributed by atoms with E-state index in [0.717, 1.165) is 24.9 Å². The third kappa shape index (κ3) is 3.16. The lowest BCUT2D eigenvalue weighted by molar-refractivity contribution is 0.117. The van der Waals surface area contributed by atoms with E-state index in [-0.39, 0.29) is 6.04 Å². The molecule has 0 bridgehead atoms. The Hall–Kier alpha value is -1.33. The molecule has 19 heavy (non-hydrogen) atoms. The van der Waals surface area contributed by atoms with Crippen molar-refractivity contribution in [3.05, 3.63) is 35.4 Å². The Bertz CT molecular complexity index is 430. The number of piperidine rings is 1. The van der Waals surface area contributed by atoms with Crippen LogP contribution in [-0.2, 0) is 6.42 Å². The van der Waals surface area contributed by atoms with Gasteiger partial charge in [0.25, 0.3) is 0 Å². The number of hydrogen-bond acceptors (Lipinski definition) is 2. The van der Waals surface area contributed by atoms with E-state index < -0.39 is 0 Å². The second-order valence-corrected chi connectivity index (χ2v) is 5.42. The normalized spacial score (nSPS) is 21.8. The van der Waals surface area contributed by atoms with Gasteiger partial charge in [-0.25, -0.2) is 0 Å². The third-order valence-corrected chi connectivity index (χ3v) is 4.30. The van der Waals surface area contributed by atoms with Crippen molar-refractivity contribution >= 4 is 0 Å². The molecule has 1 aliphatic heterocycles. The summed E-state index contributed by atoms with van der Waals surface area (Å²) in [6.45, 7) is 5.46. The van der Waals surface area contributed by atoms with E-state index in [1.54, 1.807) is 0 Å². The zero-order chi connectivity index (χ0) is 13.7. The van der Waals surface area contributed by atoms with Gasteiger partial charge in [0, 0.05) is 12.6 Å². The highest BCUT2D eigenvalue weighted by atomic mass is 15.2. The summed E-state index contributed by atoms with van der Waals surface area (Å²) in [7, 11) is 0. The summed E-state index contributed by atoms with van der Waals surface area (Å²) in [4.78, 5) is 2.41. The highest BCUT2D eigenvalue weighted by molar-refractivity contribution is 5.28. The zero-order valence-electron chi connectivity index (χ0n) is 12.1. The van der Waals surface area contributed by atoms with Crippen LogP contribution in [0.15, 0.2) is 24.3 Å². The molecule has 2 heteroatoms. The number of aryl methyl sites for hydroxylation is 1. The Labute approximate surface area is 117 Å². The van der Waals surface area contributed by atoms with E-state index in [0.29, 0.717) is 6.04 Å². The molecule has 1 saturated heterocycles. The summed E-state index contributed by atoms with van der Waals surface area (Å²) in [5.74, 6) is 0. The highest BCUT2D eigenvalue weighted by Gasteiger charge is 2.28. The van der Waals surface area contributed by atoms with Crippen LogP contribution >= 0.6 is 0 Å². The van der Waals surface area contributed by atoms with E-state index in [9.17, 15) is 5.26 Å². The van der Waals surface area contributed by atoms with Gasteiger partial charge in [-0.2, -0.15) is 5.26 Å². The molecule has 1 aliphatic rings. The lowest BCUT2D eigenvalue weighted by Crippen LogP contribution is -2.41. The molecule has 0 aromatic heterocycles. The number of nitriles is 1. The first-order chi connectivity index (χ1) is 9.30. The standard InChI is InChI=1S/C17H24N2/c1-3-14-8-10-15(11-9-14)17(13-18)19-12-6-5-7-16(19)4-2/h8-11,16-17H,3-7,12H2,1-2H3. The van der Waals surface area contributed by atoms with Crippen molar-refractivity contribution in [1.82, 2.24) is 4.90 Å². The summed E-state index contributed by atoms with van der Waals surface area (Å²) in [6, 6.07) is 11.6. The Morgan fingerprint density at radius 2 is 2.00 bits per heavy atom. The van der Waals surface area contributed by atoms with E-state index in [1.807, 2.05) is 0 Å². The smallest absolute Gasteiger partial charge is 0.124 e. The molecule has 0 N–H and O–H groups in total. The molecule has 0 radical (unpaired) electrons. The lowest BCUT2D eigenvalue weighted by Gasteiger charge is -2.38. The second kappa shape index (κ2) is 6.73. The van der Waals surface area contributed by atoms with Crippen LogP contribution < -0.4 is 0 Å². The van der Waals surface area contributed by atoms with Gasteiger partial charge in [-0.1, -0.05) is 44.5 Å². The van der Waals surface area contributed by atoms with Crippen LogP contribution in [0.25, 0.3) is 0 Å². The average molecular weight is 256 g/mol. The zero-order valence-corrected chi connectivity index (χ0v) is 12.1. The van der Waals surface area contributed by atoms with Gasteiger partial charge in [0.1, 0.15) is 6.04 Å². The first-order valence-corrected chi connectivity index (χ1v) is 7.54. The number of rotatable bonds is 4. The van der Waals surface area contributed by atoms with Gasteiger partial charge in [0.05, 0.1) is 6.07 Å². The van der Waals surface area contributed by atoms with Crippen molar-refractivity contribution < 1.29 is 0 Å². The quantitative estimate of drug-likeness (QED) is 0.811. The van der Waals surface area contributed by atoms with E-state index in [1.165, 1.54) is 24.8 Å². The van der Waals surface area contributed by atoms with E-state index in [4.69, 9.17) is 0 Å². The summed E-state index contributed by atoms with van der Waals surface area (Å²) in [5, 5.41) is 9.58. The number of nitrogens with zero attached hydrogens (tertiary/aromatic N) is 2. The molecule has 0 spiro atoms. The predicted molar refractivity (Wildman–Crippen MR) is 78.8 cm³/mol. The van der Waals surface area contributed by atoms with E-state index in [2.05, 4.69) is 49.1 Å². The summed E-state index contributed by atoms with van der Waals surface area (Å²) in [6.07, 6.45) is 5.97. The Balaban J connectivity index is 2.20. The van der Waals surface area contributed by atoms with Crippen molar-refractivity contribution in [2.45, 2.75) is 58.0 Å². The van der Waals surface area contributed by atoms with Crippen molar-refractivity contribution in [3.8, 4) is 6.07 Å². The SMILES string of the molecule is CCc1ccc(C(C#N)N2CCCCC2CC)cc1. The van der Waals surface area contributed by atoms with Crippen LogP contribution in [0.2, 0.25) is 0 Å². The van der Waals surface area contributed by atoms with Gasteiger partial charge in [0.2, 0.25) is 0 Å². The van der Waals surface area contributed by atoms with Crippen LogP contribution in [0.1, 0.15) is 56.7 Å². The predicted octanol–water partition coefficient (Wildman–Crippen LogP) is 4.08. The molecule has 0 aliphatic carbocycles. The Morgan fingerprint density at radius 1 is 1.26 bits per heavy atom. The van der Waals surface area contributed by atoms with Crippen molar-refractivity contribution in [1.29, 1.82) is 5.26 Å². The first kappa shape index (κ1) is 14.1. The fourth-order valence-electron chi connectivity index (χ4n) is 3.08. The minimum atomic E-state index is -0.0730. The topological polar surface area (TPSA) is 27.0 Å². The summed E-state index contributed by atoms with van der Waals surface area (Å²) < 4.78 is 0. The summed E-state index contributed by atoms with van der Waals surface area (Å²) in [5.41, 5.74) is 2.49. The molecule has 2 unspecified atom stereocenters. The number of hydrogen-bond donors (Lipinski definition) is 0. The van der Waals surface area contributed by atoms with Gasteiger partial charge in [-0.3, -0.25) is 4.90 Å². The fraction of sp³-hybridized carbons (Fsp3) is 0.588. The van der Waals surface area contributed by atoms with Crippen molar-refractivity contribution in [2.24, 2.45) is 0 Å². The fourth-order valence-corrected chi connectivity index (χ4v) is 3.08. The molecule has 0 saturated carbocycles. The molecule has 102 valence electrons. The third-order valence-electron chi connectivity index (χ3n) is 4.30. The summed E-state index contributed by atoms with van der Waals surface area (Å²) >= 11 is 0. The minimum absolute atomic E-state index is 0.0730. The maximum absolute atomic E-state index is 9.58. The molecule has 1 aromatic carbocycles.